The molecule has 0 spiro atoms. The number of nitrogens with zero attached hydrogens (tertiary/aromatic N) is 4. The van der Waals surface area contributed by atoms with Gasteiger partial charge < -0.3 is 5.32 Å². The van der Waals surface area contributed by atoms with Crippen LogP contribution < -0.4 is 5.32 Å². The predicted molar refractivity (Wildman–Crippen MR) is 99.2 cm³/mol. The maximum atomic E-state index is 14.8. The fourth-order valence-corrected chi connectivity index (χ4v) is 3.25. The van der Waals surface area contributed by atoms with Crippen LogP contribution in [0.3, 0.4) is 0 Å². The zero-order chi connectivity index (χ0) is 19.8. The van der Waals surface area contributed by atoms with Gasteiger partial charge in [0.1, 0.15) is 11.5 Å². The lowest BCUT2D eigenvalue weighted by Crippen LogP contribution is -2.07. The largest absolute Gasteiger partial charge is 0.316 e. The van der Waals surface area contributed by atoms with Crippen molar-refractivity contribution in [3.8, 4) is 22.5 Å². The summed E-state index contributed by atoms with van der Waals surface area (Å²) in [5.41, 5.74) is 1.96. The van der Waals surface area contributed by atoms with Gasteiger partial charge in [-0.3, -0.25) is 14.8 Å². The maximum absolute atomic E-state index is 14.8. The molecule has 0 amide bonds. The first-order valence-corrected chi connectivity index (χ1v) is 8.56. The van der Waals surface area contributed by atoms with E-state index in [1.807, 2.05) is 0 Å². The lowest BCUT2D eigenvalue weighted by atomic mass is 9.99. The predicted octanol–water partition coefficient (Wildman–Crippen LogP) is 3.82. The number of aromatic amines is 1. The highest BCUT2D eigenvalue weighted by atomic mass is 19.3. The average Bonchev–Trinajstić information content (AvgIpc) is 3.26. The van der Waals surface area contributed by atoms with Crippen LogP contribution in [0.25, 0.3) is 33.4 Å². The van der Waals surface area contributed by atoms with Crippen molar-refractivity contribution < 1.29 is 13.2 Å². The van der Waals surface area contributed by atoms with Gasteiger partial charge in [-0.05, 0) is 30.8 Å². The molecule has 2 N–H and O–H groups in total. The second-order valence-electron chi connectivity index (χ2n) is 6.46. The van der Waals surface area contributed by atoms with Gasteiger partial charge in [0, 0.05) is 41.9 Å². The van der Waals surface area contributed by atoms with Crippen LogP contribution in [0.2, 0.25) is 0 Å². The van der Waals surface area contributed by atoms with Gasteiger partial charge in [0.25, 0.3) is 6.43 Å². The van der Waals surface area contributed by atoms with Gasteiger partial charge in [-0.25, -0.2) is 13.2 Å². The SMILES string of the molecule is CNCc1cc(F)c(-c2cc3c(-c4cnn(C)c4)n[nH]c3cn2)c(C(F)F)c1. The number of aromatic nitrogens is 5. The number of aryl methyl sites for hydroxylation is 1. The number of rotatable bonds is 5. The number of hydrogen-bond acceptors (Lipinski definition) is 4. The Morgan fingerprint density at radius 2 is 2.04 bits per heavy atom. The quantitative estimate of drug-likeness (QED) is 0.547. The van der Waals surface area contributed by atoms with Crippen LogP contribution in [0, 0.1) is 5.82 Å². The molecule has 0 aliphatic heterocycles. The molecule has 0 unspecified atom stereocenters. The van der Waals surface area contributed by atoms with Crippen molar-refractivity contribution >= 4 is 10.9 Å². The number of H-pyrrole nitrogens is 1. The van der Waals surface area contributed by atoms with Crippen molar-refractivity contribution in [2.45, 2.75) is 13.0 Å². The molecule has 0 fully saturated rings. The van der Waals surface area contributed by atoms with Crippen LogP contribution in [0.5, 0.6) is 0 Å². The molecule has 0 atom stereocenters. The van der Waals surface area contributed by atoms with Gasteiger partial charge in [0.05, 0.1) is 23.6 Å². The highest BCUT2D eigenvalue weighted by molar-refractivity contribution is 5.94. The molecule has 0 saturated heterocycles. The molecule has 3 aromatic heterocycles. The Kier molecular flexibility index (Phi) is 4.60. The normalized spacial score (nSPS) is 11.6. The zero-order valence-corrected chi connectivity index (χ0v) is 15.2. The Balaban J connectivity index is 1.90. The smallest absolute Gasteiger partial charge is 0.264 e. The number of alkyl halides is 2. The molecule has 4 rings (SSSR count). The Morgan fingerprint density at radius 1 is 1.21 bits per heavy atom. The first kappa shape index (κ1) is 18.2. The molecular formula is C19H17F3N6. The van der Waals surface area contributed by atoms with Crippen molar-refractivity contribution in [3.63, 3.8) is 0 Å². The van der Waals surface area contributed by atoms with Crippen molar-refractivity contribution in [2.75, 3.05) is 7.05 Å². The maximum Gasteiger partial charge on any atom is 0.264 e. The summed E-state index contributed by atoms with van der Waals surface area (Å²) < 4.78 is 43.8. The molecule has 0 aliphatic carbocycles. The van der Waals surface area contributed by atoms with Gasteiger partial charge >= 0.3 is 0 Å². The number of benzene rings is 1. The van der Waals surface area contributed by atoms with Crippen molar-refractivity contribution in [3.05, 3.63) is 53.7 Å². The molecule has 0 saturated carbocycles. The monoisotopic (exact) mass is 386 g/mol. The Morgan fingerprint density at radius 3 is 2.71 bits per heavy atom. The van der Waals surface area contributed by atoms with Crippen molar-refractivity contribution in [2.24, 2.45) is 7.05 Å². The summed E-state index contributed by atoms with van der Waals surface area (Å²) in [7, 11) is 3.45. The zero-order valence-electron chi connectivity index (χ0n) is 15.2. The Labute approximate surface area is 158 Å². The number of nitrogens with one attached hydrogen (secondary N) is 2. The summed E-state index contributed by atoms with van der Waals surface area (Å²) in [5.74, 6) is -0.735. The molecule has 0 radical (unpaired) electrons. The summed E-state index contributed by atoms with van der Waals surface area (Å²) >= 11 is 0. The van der Waals surface area contributed by atoms with Crippen LogP contribution in [-0.2, 0) is 13.6 Å². The minimum absolute atomic E-state index is 0.128. The van der Waals surface area contributed by atoms with Crippen molar-refractivity contribution in [1.82, 2.24) is 30.3 Å². The van der Waals surface area contributed by atoms with E-state index in [4.69, 9.17) is 0 Å². The minimum atomic E-state index is -2.83. The van der Waals surface area contributed by atoms with Crippen LogP contribution >= 0.6 is 0 Å². The Hall–Kier alpha value is -3.20. The number of fused-ring (bicyclic) bond motifs is 1. The fourth-order valence-electron chi connectivity index (χ4n) is 3.25. The van der Waals surface area contributed by atoms with E-state index >= 15 is 0 Å². The van der Waals surface area contributed by atoms with Gasteiger partial charge in [0.15, 0.2) is 0 Å². The summed E-state index contributed by atoms with van der Waals surface area (Å²) in [6.45, 7) is 0.288. The van der Waals surface area contributed by atoms with Crippen LogP contribution in [0.15, 0.2) is 36.8 Å². The molecule has 4 aromatic rings. The topological polar surface area (TPSA) is 71.4 Å². The van der Waals surface area contributed by atoms with E-state index in [0.29, 0.717) is 22.2 Å². The third kappa shape index (κ3) is 3.13. The fraction of sp³-hybridized carbons (Fsp3) is 0.211. The van der Waals surface area contributed by atoms with E-state index < -0.39 is 12.2 Å². The first-order valence-electron chi connectivity index (χ1n) is 8.56. The van der Waals surface area contributed by atoms with Crippen LogP contribution in [-0.4, -0.2) is 32.0 Å². The summed E-state index contributed by atoms with van der Waals surface area (Å²) in [6, 6.07) is 4.13. The third-order valence-corrected chi connectivity index (χ3v) is 4.48. The number of pyridine rings is 1. The number of halogens is 3. The van der Waals surface area contributed by atoms with Gasteiger partial charge in [0.2, 0.25) is 0 Å². The third-order valence-electron chi connectivity index (χ3n) is 4.48. The molecule has 0 aliphatic rings. The lowest BCUT2D eigenvalue weighted by Gasteiger charge is -2.13. The Bertz CT molecular complexity index is 1150. The average molecular weight is 386 g/mol. The molecule has 9 heteroatoms. The van der Waals surface area contributed by atoms with Crippen LogP contribution in [0.1, 0.15) is 17.6 Å². The van der Waals surface area contributed by atoms with E-state index in [0.717, 1.165) is 5.56 Å². The molecule has 0 bridgehead atoms. The summed E-state index contributed by atoms with van der Waals surface area (Å²) in [6.07, 6.45) is 2.06. The van der Waals surface area contributed by atoms with Gasteiger partial charge in [-0.15, -0.1) is 0 Å². The molecule has 3 heterocycles. The van der Waals surface area contributed by atoms with E-state index in [1.165, 1.54) is 18.3 Å². The number of hydrogen-bond donors (Lipinski definition) is 2. The second kappa shape index (κ2) is 7.08. The molecule has 6 nitrogen and oxygen atoms in total. The lowest BCUT2D eigenvalue weighted by molar-refractivity contribution is 0.151. The highest BCUT2D eigenvalue weighted by Crippen LogP contribution is 2.36. The summed E-state index contributed by atoms with van der Waals surface area (Å²) in [5, 5.41) is 14.7. The standard InChI is InChI=1S/C19H17F3N6/c1-23-6-10-3-13(19(21)22)17(14(20)4-10)15-5-12-16(8-24-15)26-27-18(12)11-7-25-28(2)9-11/h3-5,7-9,19,23H,6H2,1-2H3,(H,26,27). The van der Waals surface area contributed by atoms with E-state index in [9.17, 15) is 13.2 Å². The van der Waals surface area contributed by atoms with E-state index in [1.54, 1.807) is 37.2 Å². The minimum Gasteiger partial charge on any atom is -0.316 e. The molecular weight excluding hydrogens is 369 g/mol. The van der Waals surface area contributed by atoms with Gasteiger partial charge in [-0.1, -0.05) is 0 Å². The van der Waals surface area contributed by atoms with Crippen molar-refractivity contribution in [1.29, 1.82) is 0 Å². The second-order valence-corrected chi connectivity index (χ2v) is 6.46. The van der Waals surface area contributed by atoms with Crippen LogP contribution in [0.4, 0.5) is 13.2 Å². The molecule has 1 aromatic carbocycles. The van der Waals surface area contributed by atoms with E-state index in [-0.39, 0.29) is 23.4 Å². The molecule has 28 heavy (non-hydrogen) atoms. The molecule has 144 valence electrons. The van der Waals surface area contributed by atoms with Gasteiger partial charge in [-0.2, -0.15) is 10.2 Å². The summed E-state index contributed by atoms with van der Waals surface area (Å²) in [4.78, 5) is 4.19. The highest BCUT2D eigenvalue weighted by Gasteiger charge is 2.22. The van der Waals surface area contributed by atoms with E-state index in [2.05, 4.69) is 25.6 Å². The first-order chi connectivity index (χ1) is 13.5.